The summed E-state index contributed by atoms with van der Waals surface area (Å²) < 4.78 is -1.85. The maximum absolute atomic E-state index is 12.4. The molecule has 0 aromatic heterocycles. The Bertz CT molecular complexity index is 753. The van der Waals surface area contributed by atoms with Gasteiger partial charge in [0.2, 0.25) is 3.79 Å². The fourth-order valence-corrected chi connectivity index (χ4v) is 2.66. The van der Waals surface area contributed by atoms with E-state index in [0.717, 1.165) is 5.69 Å². The number of thiocarbonyl (C=S) groups is 1. The first-order valence-corrected chi connectivity index (χ1v) is 8.94. The van der Waals surface area contributed by atoms with Crippen LogP contribution in [0.4, 0.5) is 5.69 Å². The SMILES string of the molecule is O=C(NC(NC(=S)Nc1ccccc1)C(Cl)(Cl)Cl)c1ccccc1Cl. The number of alkyl halides is 3. The van der Waals surface area contributed by atoms with Crippen molar-refractivity contribution >= 4 is 75.3 Å². The van der Waals surface area contributed by atoms with E-state index in [2.05, 4.69) is 16.0 Å². The van der Waals surface area contributed by atoms with Crippen LogP contribution in [0, 0.1) is 0 Å². The van der Waals surface area contributed by atoms with E-state index in [1.54, 1.807) is 24.3 Å². The molecular weight excluding hydrogens is 424 g/mol. The van der Waals surface area contributed by atoms with Crippen molar-refractivity contribution < 1.29 is 4.79 Å². The zero-order valence-electron chi connectivity index (χ0n) is 12.6. The molecular formula is C16H13Cl4N3OS. The van der Waals surface area contributed by atoms with E-state index in [1.807, 2.05) is 30.3 Å². The summed E-state index contributed by atoms with van der Waals surface area (Å²) >= 11 is 29.1. The molecule has 0 bridgehead atoms. The molecule has 0 fully saturated rings. The quantitative estimate of drug-likeness (QED) is 0.367. The molecule has 25 heavy (non-hydrogen) atoms. The molecule has 0 spiro atoms. The summed E-state index contributed by atoms with van der Waals surface area (Å²) in [4.78, 5) is 12.4. The van der Waals surface area contributed by atoms with Crippen molar-refractivity contribution in [3.05, 3.63) is 65.2 Å². The molecule has 2 aromatic carbocycles. The molecule has 132 valence electrons. The smallest absolute Gasteiger partial charge is 0.254 e. The number of carbonyl (C=O) groups is 1. The van der Waals surface area contributed by atoms with Crippen LogP contribution < -0.4 is 16.0 Å². The Balaban J connectivity index is 2.08. The summed E-state index contributed by atoms with van der Waals surface area (Å²) in [6, 6.07) is 15.7. The number of rotatable bonds is 4. The summed E-state index contributed by atoms with van der Waals surface area (Å²) in [5.74, 6) is -0.503. The Labute approximate surface area is 170 Å². The van der Waals surface area contributed by atoms with Crippen LogP contribution in [-0.4, -0.2) is 21.0 Å². The number of halogens is 4. The molecule has 1 atom stereocenters. The highest BCUT2D eigenvalue weighted by molar-refractivity contribution is 7.80. The van der Waals surface area contributed by atoms with E-state index in [1.165, 1.54) is 0 Å². The highest BCUT2D eigenvalue weighted by atomic mass is 35.6. The first-order chi connectivity index (χ1) is 11.8. The second kappa shape index (κ2) is 8.92. The molecule has 0 aliphatic rings. The summed E-state index contributed by atoms with van der Waals surface area (Å²) in [5.41, 5.74) is 1.01. The highest BCUT2D eigenvalue weighted by Crippen LogP contribution is 2.29. The van der Waals surface area contributed by atoms with Crippen molar-refractivity contribution in [2.24, 2.45) is 0 Å². The lowest BCUT2D eigenvalue weighted by Crippen LogP contribution is -2.56. The number of nitrogens with one attached hydrogen (secondary N) is 3. The Morgan fingerprint density at radius 1 is 0.960 bits per heavy atom. The molecule has 4 nitrogen and oxygen atoms in total. The summed E-state index contributed by atoms with van der Waals surface area (Å²) in [6.07, 6.45) is -1.08. The van der Waals surface area contributed by atoms with Crippen LogP contribution in [0.3, 0.4) is 0 Å². The van der Waals surface area contributed by atoms with Crippen LogP contribution in [0.15, 0.2) is 54.6 Å². The predicted molar refractivity (Wildman–Crippen MR) is 109 cm³/mol. The van der Waals surface area contributed by atoms with Gasteiger partial charge in [0.25, 0.3) is 5.91 Å². The summed E-state index contributed by atoms with van der Waals surface area (Å²) in [7, 11) is 0. The minimum absolute atomic E-state index is 0.182. The van der Waals surface area contributed by atoms with Crippen molar-refractivity contribution in [1.29, 1.82) is 0 Å². The Hall–Kier alpha value is -1.24. The average Bonchev–Trinajstić information content (AvgIpc) is 2.54. The number of hydrogen-bond donors (Lipinski definition) is 3. The number of anilines is 1. The van der Waals surface area contributed by atoms with E-state index in [0.29, 0.717) is 0 Å². The van der Waals surface area contributed by atoms with Gasteiger partial charge in [0.15, 0.2) is 5.11 Å². The second-order valence-corrected chi connectivity index (χ2v) is 8.08. The van der Waals surface area contributed by atoms with E-state index in [9.17, 15) is 4.79 Å². The molecule has 1 amide bonds. The Morgan fingerprint density at radius 3 is 2.16 bits per heavy atom. The van der Waals surface area contributed by atoms with Crippen LogP contribution in [-0.2, 0) is 0 Å². The number of carbonyl (C=O) groups excluding carboxylic acids is 1. The maximum Gasteiger partial charge on any atom is 0.254 e. The van der Waals surface area contributed by atoms with Gasteiger partial charge in [-0.2, -0.15) is 0 Å². The van der Waals surface area contributed by atoms with Crippen molar-refractivity contribution in [2.75, 3.05) is 5.32 Å². The van der Waals surface area contributed by atoms with Gasteiger partial charge in [-0.15, -0.1) is 0 Å². The van der Waals surface area contributed by atoms with E-state index in [4.69, 9.17) is 58.6 Å². The molecule has 0 heterocycles. The van der Waals surface area contributed by atoms with Gasteiger partial charge in [0.1, 0.15) is 6.17 Å². The predicted octanol–water partition coefficient (Wildman–Crippen LogP) is 4.75. The van der Waals surface area contributed by atoms with Gasteiger partial charge in [-0.25, -0.2) is 0 Å². The van der Waals surface area contributed by atoms with Gasteiger partial charge >= 0.3 is 0 Å². The fourth-order valence-electron chi connectivity index (χ4n) is 1.87. The minimum atomic E-state index is -1.85. The average molecular weight is 437 g/mol. The fraction of sp³-hybridized carbons (Fsp3) is 0.125. The van der Waals surface area contributed by atoms with E-state index in [-0.39, 0.29) is 15.7 Å². The van der Waals surface area contributed by atoms with Gasteiger partial charge < -0.3 is 16.0 Å². The topological polar surface area (TPSA) is 53.2 Å². The van der Waals surface area contributed by atoms with Crippen LogP contribution in [0.25, 0.3) is 0 Å². The third-order valence-electron chi connectivity index (χ3n) is 3.03. The molecule has 0 saturated carbocycles. The molecule has 3 N–H and O–H groups in total. The summed E-state index contributed by atoms with van der Waals surface area (Å²) in [5, 5.41) is 8.75. The largest absolute Gasteiger partial charge is 0.339 e. The third kappa shape index (κ3) is 6.20. The highest BCUT2D eigenvalue weighted by Gasteiger charge is 2.35. The lowest BCUT2D eigenvalue weighted by molar-refractivity contribution is 0.0934. The number of amides is 1. The lowest BCUT2D eigenvalue weighted by Gasteiger charge is -2.28. The van der Waals surface area contributed by atoms with E-state index >= 15 is 0 Å². The monoisotopic (exact) mass is 435 g/mol. The van der Waals surface area contributed by atoms with Crippen molar-refractivity contribution in [1.82, 2.24) is 10.6 Å². The maximum atomic E-state index is 12.4. The molecule has 2 rings (SSSR count). The number of para-hydroxylation sites is 1. The molecule has 9 heteroatoms. The zero-order valence-corrected chi connectivity index (χ0v) is 16.4. The second-order valence-electron chi connectivity index (χ2n) is 4.89. The molecule has 0 radical (unpaired) electrons. The molecule has 0 aliphatic carbocycles. The van der Waals surface area contributed by atoms with Crippen LogP contribution in [0.1, 0.15) is 10.4 Å². The zero-order chi connectivity index (χ0) is 18.4. The van der Waals surface area contributed by atoms with Crippen molar-refractivity contribution in [3.8, 4) is 0 Å². The van der Waals surface area contributed by atoms with Crippen LogP contribution in [0.5, 0.6) is 0 Å². The molecule has 0 aliphatic heterocycles. The van der Waals surface area contributed by atoms with Gasteiger partial charge in [0.05, 0.1) is 10.6 Å². The molecule has 1 unspecified atom stereocenters. The summed E-state index contributed by atoms with van der Waals surface area (Å²) in [6.45, 7) is 0. The molecule has 0 saturated heterocycles. The first-order valence-electron chi connectivity index (χ1n) is 7.02. The van der Waals surface area contributed by atoms with Crippen molar-refractivity contribution in [3.63, 3.8) is 0 Å². The first kappa shape index (κ1) is 20.1. The van der Waals surface area contributed by atoms with Crippen LogP contribution in [0.2, 0.25) is 5.02 Å². The van der Waals surface area contributed by atoms with E-state index < -0.39 is 15.9 Å². The standard InChI is InChI=1S/C16H13Cl4N3OS/c17-12-9-5-4-8-11(12)13(24)22-14(16(18,19)20)23-15(25)21-10-6-2-1-3-7-10/h1-9,14H,(H,22,24)(H2,21,23,25). The normalized spacial score (nSPS) is 12.2. The number of benzene rings is 2. The van der Waals surface area contributed by atoms with Crippen LogP contribution >= 0.6 is 58.6 Å². The van der Waals surface area contributed by atoms with Gasteiger partial charge in [-0.3, -0.25) is 4.79 Å². The Morgan fingerprint density at radius 2 is 1.56 bits per heavy atom. The Kier molecular flexibility index (Phi) is 7.16. The van der Waals surface area contributed by atoms with Crippen molar-refractivity contribution in [2.45, 2.75) is 9.96 Å². The minimum Gasteiger partial charge on any atom is -0.339 e. The van der Waals surface area contributed by atoms with Gasteiger partial charge in [-0.1, -0.05) is 76.7 Å². The van der Waals surface area contributed by atoms with Gasteiger partial charge in [0, 0.05) is 5.69 Å². The number of hydrogen-bond acceptors (Lipinski definition) is 2. The lowest BCUT2D eigenvalue weighted by atomic mass is 10.2. The third-order valence-corrected chi connectivity index (χ3v) is 4.23. The molecule has 2 aromatic rings. The van der Waals surface area contributed by atoms with Gasteiger partial charge in [-0.05, 0) is 36.5 Å².